The van der Waals surface area contributed by atoms with Gasteiger partial charge in [-0.05, 0) is 30.2 Å². The van der Waals surface area contributed by atoms with Crippen LogP contribution in [0.5, 0.6) is 0 Å². The first kappa shape index (κ1) is 11.6. The van der Waals surface area contributed by atoms with E-state index in [4.69, 9.17) is 0 Å². The number of rotatable bonds is 6. The Morgan fingerprint density at radius 1 is 1.69 bits per heavy atom. The average Bonchev–Trinajstić information content (AvgIpc) is 2.99. The molecule has 1 saturated carbocycles. The van der Waals surface area contributed by atoms with Crippen molar-refractivity contribution in [1.29, 1.82) is 0 Å². The number of hydrogen-bond donors (Lipinski definition) is 1. The molecule has 2 rings (SSSR count). The Bertz CT molecular complexity index is 333. The van der Waals surface area contributed by atoms with E-state index >= 15 is 0 Å². The van der Waals surface area contributed by atoms with Gasteiger partial charge in [0.2, 0.25) is 0 Å². The molecule has 0 amide bonds. The molecule has 0 aliphatic heterocycles. The van der Waals surface area contributed by atoms with Crippen molar-refractivity contribution in [2.45, 2.75) is 25.3 Å². The van der Waals surface area contributed by atoms with E-state index in [1.807, 2.05) is 0 Å². The first-order valence-electron chi connectivity index (χ1n) is 5.65. The molecule has 1 fully saturated rings. The molecule has 1 unspecified atom stereocenters. The lowest BCUT2D eigenvalue weighted by Crippen LogP contribution is -2.25. The summed E-state index contributed by atoms with van der Waals surface area (Å²) >= 11 is 1.79. The molecule has 0 aromatic carbocycles. The van der Waals surface area contributed by atoms with Crippen molar-refractivity contribution in [2.75, 3.05) is 13.7 Å². The Morgan fingerprint density at radius 3 is 3.06 bits per heavy atom. The van der Waals surface area contributed by atoms with Crippen LogP contribution in [-0.4, -0.2) is 19.6 Å². The van der Waals surface area contributed by atoms with Gasteiger partial charge in [-0.1, -0.05) is 6.07 Å². The number of carbonyl (C=O) groups is 1. The first-order valence-corrected chi connectivity index (χ1v) is 6.53. The molecule has 1 aromatic heterocycles. The van der Waals surface area contributed by atoms with E-state index in [2.05, 4.69) is 27.6 Å². The molecule has 1 aliphatic carbocycles. The van der Waals surface area contributed by atoms with E-state index in [0.29, 0.717) is 19.0 Å². The van der Waals surface area contributed by atoms with Crippen LogP contribution in [0.1, 0.15) is 30.2 Å². The van der Waals surface area contributed by atoms with Gasteiger partial charge in [0, 0.05) is 17.5 Å². The van der Waals surface area contributed by atoms with Crippen molar-refractivity contribution in [3.63, 3.8) is 0 Å². The minimum Gasteiger partial charge on any atom is -0.469 e. The molecule has 0 radical (unpaired) electrons. The molecule has 1 aromatic rings. The predicted octanol–water partition coefficient (Wildman–Crippen LogP) is 2.35. The molecule has 1 N–H and O–H groups in total. The highest BCUT2D eigenvalue weighted by Crippen LogP contribution is 2.42. The van der Waals surface area contributed by atoms with Crippen molar-refractivity contribution in [3.8, 4) is 0 Å². The second kappa shape index (κ2) is 5.46. The molecule has 1 aliphatic rings. The van der Waals surface area contributed by atoms with Crippen molar-refractivity contribution >= 4 is 17.3 Å². The smallest absolute Gasteiger partial charge is 0.306 e. The third-order valence-electron chi connectivity index (χ3n) is 2.86. The third kappa shape index (κ3) is 3.06. The van der Waals surface area contributed by atoms with E-state index in [-0.39, 0.29) is 5.97 Å². The van der Waals surface area contributed by atoms with E-state index in [9.17, 15) is 4.79 Å². The van der Waals surface area contributed by atoms with Gasteiger partial charge in [-0.3, -0.25) is 4.79 Å². The average molecular weight is 239 g/mol. The first-order chi connectivity index (χ1) is 7.81. The van der Waals surface area contributed by atoms with Gasteiger partial charge in [0.15, 0.2) is 0 Å². The highest BCUT2D eigenvalue weighted by molar-refractivity contribution is 7.10. The summed E-state index contributed by atoms with van der Waals surface area (Å²) in [4.78, 5) is 12.4. The molecule has 1 atom stereocenters. The van der Waals surface area contributed by atoms with Crippen molar-refractivity contribution < 1.29 is 9.53 Å². The standard InChI is InChI=1S/C12H17NO2S/c1-15-11(14)6-7-13-12(9-4-5-9)10-3-2-8-16-10/h2-3,8-9,12-13H,4-7H2,1H3. The SMILES string of the molecule is COC(=O)CCNC(c1cccs1)C1CC1. The number of nitrogens with one attached hydrogen (secondary N) is 1. The maximum absolute atomic E-state index is 11.0. The Hall–Kier alpha value is -0.870. The number of esters is 1. The largest absolute Gasteiger partial charge is 0.469 e. The van der Waals surface area contributed by atoms with Crippen molar-refractivity contribution in [1.82, 2.24) is 5.32 Å². The zero-order valence-corrected chi connectivity index (χ0v) is 10.3. The Morgan fingerprint density at radius 2 is 2.50 bits per heavy atom. The topological polar surface area (TPSA) is 38.3 Å². The van der Waals surface area contributed by atoms with Crippen LogP contribution in [-0.2, 0) is 9.53 Å². The Balaban J connectivity index is 1.82. The van der Waals surface area contributed by atoms with E-state index in [1.165, 1.54) is 24.8 Å². The third-order valence-corrected chi connectivity index (χ3v) is 3.82. The number of methoxy groups -OCH3 is 1. The van der Waals surface area contributed by atoms with Crippen LogP contribution in [0.15, 0.2) is 17.5 Å². The summed E-state index contributed by atoms with van der Waals surface area (Å²) in [5, 5.41) is 5.56. The molecule has 0 bridgehead atoms. The molecular weight excluding hydrogens is 222 g/mol. The van der Waals surface area contributed by atoms with Crippen molar-refractivity contribution in [3.05, 3.63) is 22.4 Å². The lowest BCUT2D eigenvalue weighted by atomic mass is 10.1. The van der Waals surface area contributed by atoms with Gasteiger partial charge in [0.25, 0.3) is 0 Å². The summed E-state index contributed by atoms with van der Waals surface area (Å²) in [6, 6.07) is 4.68. The second-order valence-electron chi connectivity index (χ2n) is 4.11. The van der Waals surface area contributed by atoms with E-state index in [0.717, 1.165) is 5.92 Å². The van der Waals surface area contributed by atoms with Gasteiger partial charge in [0.1, 0.15) is 0 Å². The monoisotopic (exact) mass is 239 g/mol. The van der Waals surface area contributed by atoms with Gasteiger partial charge < -0.3 is 10.1 Å². The van der Waals surface area contributed by atoms with Crippen molar-refractivity contribution in [2.24, 2.45) is 5.92 Å². The summed E-state index contributed by atoms with van der Waals surface area (Å²) in [7, 11) is 1.43. The second-order valence-corrected chi connectivity index (χ2v) is 5.09. The summed E-state index contributed by atoms with van der Waals surface area (Å²) in [5.74, 6) is 0.615. The lowest BCUT2D eigenvalue weighted by Gasteiger charge is -2.16. The molecule has 0 spiro atoms. The van der Waals surface area contributed by atoms with Gasteiger partial charge in [0.05, 0.1) is 13.5 Å². The number of ether oxygens (including phenoxy) is 1. The molecule has 4 heteroatoms. The summed E-state index contributed by atoms with van der Waals surface area (Å²) < 4.78 is 4.62. The maximum Gasteiger partial charge on any atom is 0.306 e. The minimum absolute atomic E-state index is 0.145. The van der Waals surface area contributed by atoms with Gasteiger partial charge >= 0.3 is 5.97 Å². The number of carbonyl (C=O) groups excluding carboxylic acids is 1. The van der Waals surface area contributed by atoms with Crippen LogP contribution in [0.3, 0.4) is 0 Å². The zero-order chi connectivity index (χ0) is 11.4. The minimum atomic E-state index is -0.145. The highest BCUT2D eigenvalue weighted by atomic mass is 32.1. The fraction of sp³-hybridized carbons (Fsp3) is 0.583. The molecule has 0 saturated heterocycles. The van der Waals surface area contributed by atoms with Crippen LogP contribution in [0, 0.1) is 5.92 Å². The summed E-state index contributed by atoms with van der Waals surface area (Å²) in [5.41, 5.74) is 0. The van der Waals surface area contributed by atoms with Crippen LogP contribution in [0.2, 0.25) is 0 Å². The number of thiophene rings is 1. The molecule has 88 valence electrons. The predicted molar refractivity (Wildman–Crippen MR) is 64.4 cm³/mol. The molecule has 16 heavy (non-hydrogen) atoms. The van der Waals surface area contributed by atoms with Gasteiger partial charge in [-0.25, -0.2) is 0 Å². The molecular formula is C12H17NO2S. The van der Waals surface area contributed by atoms with Crippen LogP contribution in [0.4, 0.5) is 0 Å². The molecule has 3 nitrogen and oxygen atoms in total. The Kier molecular flexibility index (Phi) is 3.96. The maximum atomic E-state index is 11.0. The highest BCUT2D eigenvalue weighted by Gasteiger charge is 2.32. The van der Waals surface area contributed by atoms with Crippen LogP contribution < -0.4 is 5.32 Å². The quantitative estimate of drug-likeness (QED) is 0.774. The van der Waals surface area contributed by atoms with Gasteiger partial charge in [-0.2, -0.15) is 0 Å². The summed E-state index contributed by atoms with van der Waals surface area (Å²) in [6.45, 7) is 0.700. The number of hydrogen-bond acceptors (Lipinski definition) is 4. The Labute approximate surface area is 99.8 Å². The van der Waals surface area contributed by atoms with E-state index < -0.39 is 0 Å². The zero-order valence-electron chi connectivity index (χ0n) is 9.44. The lowest BCUT2D eigenvalue weighted by molar-refractivity contribution is -0.140. The summed E-state index contributed by atoms with van der Waals surface area (Å²) in [6.07, 6.45) is 3.05. The van der Waals surface area contributed by atoms with Crippen LogP contribution >= 0.6 is 11.3 Å². The van der Waals surface area contributed by atoms with Crippen LogP contribution in [0.25, 0.3) is 0 Å². The van der Waals surface area contributed by atoms with E-state index in [1.54, 1.807) is 11.3 Å². The fourth-order valence-corrected chi connectivity index (χ4v) is 2.72. The fourth-order valence-electron chi connectivity index (χ4n) is 1.83. The molecule has 1 heterocycles. The van der Waals surface area contributed by atoms with Gasteiger partial charge in [-0.15, -0.1) is 11.3 Å². The normalized spacial score (nSPS) is 17.1.